The van der Waals surface area contributed by atoms with Crippen LogP contribution in [0.4, 0.5) is 5.69 Å². The first-order valence-electron chi connectivity index (χ1n) is 9.82. The van der Waals surface area contributed by atoms with Crippen molar-refractivity contribution in [2.75, 3.05) is 38.0 Å². The Morgan fingerprint density at radius 2 is 1.71 bits per heavy atom. The fourth-order valence-corrected chi connectivity index (χ4v) is 3.79. The smallest absolute Gasteiger partial charge is 0.238 e. The summed E-state index contributed by atoms with van der Waals surface area (Å²) >= 11 is 0. The second-order valence-electron chi connectivity index (χ2n) is 7.57. The number of aryl methyl sites for hydroxylation is 2. The lowest BCUT2D eigenvalue weighted by Gasteiger charge is -2.33. The molecule has 0 saturated carbocycles. The Morgan fingerprint density at radius 3 is 2.43 bits per heavy atom. The minimum absolute atomic E-state index is 0.0613. The Hall–Kier alpha value is -2.70. The van der Waals surface area contributed by atoms with Gasteiger partial charge in [0.15, 0.2) is 0 Å². The van der Waals surface area contributed by atoms with E-state index in [1.807, 2.05) is 56.4 Å². The quantitative estimate of drug-likeness (QED) is 0.743. The number of imidazole rings is 1. The van der Waals surface area contributed by atoms with Crippen LogP contribution in [0.2, 0.25) is 0 Å². The summed E-state index contributed by atoms with van der Waals surface area (Å²) in [6, 6.07) is 12.1. The highest BCUT2D eigenvalue weighted by atomic mass is 16.2. The summed E-state index contributed by atoms with van der Waals surface area (Å²) in [5, 5.41) is 3.08. The second kappa shape index (κ2) is 8.12. The van der Waals surface area contributed by atoms with E-state index in [-0.39, 0.29) is 5.91 Å². The maximum absolute atomic E-state index is 12.5. The molecular formula is C22H27N5O. The number of nitrogens with one attached hydrogen (secondary N) is 1. The lowest BCUT2D eigenvalue weighted by molar-refractivity contribution is -0.117. The summed E-state index contributed by atoms with van der Waals surface area (Å²) in [7, 11) is 0. The van der Waals surface area contributed by atoms with E-state index in [4.69, 9.17) is 0 Å². The van der Waals surface area contributed by atoms with Gasteiger partial charge in [0.05, 0.1) is 12.2 Å². The van der Waals surface area contributed by atoms with Crippen molar-refractivity contribution in [3.05, 3.63) is 65.6 Å². The number of fused-ring (bicyclic) bond motifs is 1. The SMILES string of the molecule is Cc1cccc(C)c1NC(=O)CN1CCN(Cc2cn3ccccc3n2)CC1. The number of piperazine rings is 1. The van der Waals surface area contributed by atoms with E-state index < -0.39 is 0 Å². The Bertz CT molecular complexity index is 919. The average molecular weight is 377 g/mol. The molecule has 0 spiro atoms. The van der Waals surface area contributed by atoms with E-state index in [0.717, 1.165) is 60.9 Å². The number of hydrogen-bond donors (Lipinski definition) is 1. The molecule has 3 aromatic rings. The number of aromatic nitrogens is 2. The van der Waals surface area contributed by atoms with Crippen LogP contribution < -0.4 is 5.32 Å². The van der Waals surface area contributed by atoms with Crippen molar-refractivity contribution in [2.24, 2.45) is 0 Å². The summed E-state index contributed by atoms with van der Waals surface area (Å²) in [5.74, 6) is 0.0613. The van der Waals surface area contributed by atoms with Crippen LogP contribution in [-0.4, -0.2) is 57.8 Å². The molecule has 1 saturated heterocycles. The van der Waals surface area contributed by atoms with Crippen molar-refractivity contribution in [1.29, 1.82) is 0 Å². The normalized spacial score (nSPS) is 15.8. The number of nitrogens with zero attached hydrogens (tertiary/aromatic N) is 4. The minimum Gasteiger partial charge on any atom is -0.324 e. The molecule has 3 heterocycles. The van der Waals surface area contributed by atoms with E-state index in [9.17, 15) is 4.79 Å². The average Bonchev–Trinajstić information content (AvgIpc) is 3.09. The van der Waals surface area contributed by atoms with Crippen molar-refractivity contribution in [3.8, 4) is 0 Å². The van der Waals surface area contributed by atoms with Gasteiger partial charge in [-0.2, -0.15) is 0 Å². The van der Waals surface area contributed by atoms with E-state index in [2.05, 4.69) is 30.7 Å². The zero-order valence-corrected chi connectivity index (χ0v) is 16.6. The van der Waals surface area contributed by atoms with Crippen molar-refractivity contribution in [1.82, 2.24) is 19.2 Å². The predicted molar refractivity (Wildman–Crippen MR) is 111 cm³/mol. The maximum atomic E-state index is 12.5. The Kier molecular flexibility index (Phi) is 5.41. The number of amides is 1. The summed E-state index contributed by atoms with van der Waals surface area (Å²) in [5.41, 5.74) is 5.22. The molecule has 6 nitrogen and oxygen atoms in total. The highest BCUT2D eigenvalue weighted by Gasteiger charge is 2.20. The van der Waals surface area contributed by atoms with Crippen molar-refractivity contribution >= 4 is 17.2 Å². The van der Waals surface area contributed by atoms with E-state index >= 15 is 0 Å². The van der Waals surface area contributed by atoms with E-state index in [1.54, 1.807) is 0 Å². The zero-order chi connectivity index (χ0) is 19.5. The van der Waals surface area contributed by atoms with Crippen LogP contribution in [0.15, 0.2) is 48.8 Å². The van der Waals surface area contributed by atoms with Crippen LogP contribution in [0, 0.1) is 13.8 Å². The van der Waals surface area contributed by atoms with Gasteiger partial charge in [0.2, 0.25) is 5.91 Å². The molecule has 0 unspecified atom stereocenters. The zero-order valence-electron chi connectivity index (χ0n) is 16.6. The fraction of sp³-hybridized carbons (Fsp3) is 0.364. The van der Waals surface area contributed by atoms with Crippen LogP contribution in [0.3, 0.4) is 0 Å². The highest BCUT2D eigenvalue weighted by molar-refractivity contribution is 5.93. The third-order valence-electron chi connectivity index (χ3n) is 5.38. The molecule has 1 amide bonds. The van der Waals surface area contributed by atoms with Gasteiger partial charge in [-0.15, -0.1) is 0 Å². The molecule has 1 aliphatic heterocycles. The van der Waals surface area contributed by atoms with Crippen LogP contribution in [0.5, 0.6) is 0 Å². The van der Waals surface area contributed by atoms with Gasteiger partial charge >= 0.3 is 0 Å². The number of pyridine rings is 1. The Balaban J connectivity index is 1.27. The van der Waals surface area contributed by atoms with Gasteiger partial charge in [-0.05, 0) is 37.1 Å². The van der Waals surface area contributed by atoms with Gasteiger partial charge in [-0.1, -0.05) is 24.3 Å². The Morgan fingerprint density at radius 1 is 1.00 bits per heavy atom. The lowest BCUT2D eigenvalue weighted by Crippen LogP contribution is -2.48. The number of hydrogen-bond acceptors (Lipinski definition) is 4. The molecule has 0 aliphatic carbocycles. The molecule has 1 N–H and O–H groups in total. The molecule has 1 aromatic carbocycles. The Labute approximate surface area is 165 Å². The molecule has 4 rings (SSSR count). The molecule has 0 bridgehead atoms. The lowest BCUT2D eigenvalue weighted by atomic mass is 10.1. The van der Waals surface area contributed by atoms with Gasteiger partial charge in [0.25, 0.3) is 0 Å². The number of carbonyl (C=O) groups excluding carboxylic acids is 1. The molecule has 146 valence electrons. The van der Waals surface area contributed by atoms with Gasteiger partial charge in [-0.25, -0.2) is 4.98 Å². The van der Waals surface area contributed by atoms with Crippen LogP contribution >= 0.6 is 0 Å². The number of benzene rings is 1. The van der Waals surface area contributed by atoms with Crippen LogP contribution in [0.1, 0.15) is 16.8 Å². The van der Waals surface area contributed by atoms with Crippen molar-refractivity contribution in [3.63, 3.8) is 0 Å². The third-order valence-corrected chi connectivity index (χ3v) is 5.38. The number of para-hydroxylation sites is 1. The number of carbonyl (C=O) groups is 1. The standard InChI is InChI=1S/C22H27N5O/c1-17-6-5-7-18(2)22(17)24-21(28)16-26-12-10-25(11-13-26)14-19-15-27-9-4-3-8-20(27)23-19/h3-9,15H,10-14,16H2,1-2H3,(H,24,28). The van der Waals surface area contributed by atoms with Gasteiger partial charge < -0.3 is 9.72 Å². The molecule has 2 aromatic heterocycles. The van der Waals surface area contributed by atoms with Gasteiger partial charge in [0, 0.05) is 50.8 Å². The molecule has 6 heteroatoms. The maximum Gasteiger partial charge on any atom is 0.238 e. The number of rotatable bonds is 5. The molecule has 0 atom stereocenters. The van der Waals surface area contributed by atoms with Crippen LogP contribution in [0.25, 0.3) is 5.65 Å². The summed E-state index contributed by atoms with van der Waals surface area (Å²) in [6.45, 7) is 9.04. The van der Waals surface area contributed by atoms with Gasteiger partial charge in [-0.3, -0.25) is 14.6 Å². The predicted octanol–water partition coefficient (Wildman–Crippen LogP) is 2.71. The van der Waals surface area contributed by atoms with Gasteiger partial charge in [0.1, 0.15) is 5.65 Å². The number of anilines is 1. The molecule has 1 fully saturated rings. The summed E-state index contributed by atoms with van der Waals surface area (Å²) in [6.07, 6.45) is 4.12. The third kappa shape index (κ3) is 4.24. The first-order chi connectivity index (χ1) is 13.6. The second-order valence-corrected chi connectivity index (χ2v) is 7.57. The molecule has 1 aliphatic rings. The first-order valence-corrected chi connectivity index (χ1v) is 9.82. The fourth-order valence-electron chi connectivity index (χ4n) is 3.79. The first kappa shape index (κ1) is 18.7. The molecule has 28 heavy (non-hydrogen) atoms. The highest BCUT2D eigenvalue weighted by Crippen LogP contribution is 2.19. The summed E-state index contributed by atoms with van der Waals surface area (Å²) in [4.78, 5) is 21.8. The van der Waals surface area contributed by atoms with E-state index in [1.165, 1.54) is 0 Å². The topological polar surface area (TPSA) is 52.9 Å². The monoisotopic (exact) mass is 377 g/mol. The molecular weight excluding hydrogens is 350 g/mol. The minimum atomic E-state index is 0.0613. The largest absolute Gasteiger partial charge is 0.324 e. The summed E-state index contributed by atoms with van der Waals surface area (Å²) < 4.78 is 2.06. The molecule has 0 radical (unpaired) electrons. The van der Waals surface area contributed by atoms with Crippen molar-refractivity contribution in [2.45, 2.75) is 20.4 Å². The van der Waals surface area contributed by atoms with Crippen molar-refractivity contribution < 1.29 is 4.79 Å². The van der Waals surface area contributed by atoms with Crippen LogP contribution in [-0.2, 0) is 11.3 Å². The van der Waals surface area contributed by atoms with E-state index in [0.29, 0.717) is 6.54 Å².